The molecule has 0 radical (unpaired) electrons. The average Bonchev–Trinajstić information content (AvgIpc) is 3.30. The molecule has 0 atom stereocenters. The number of aryl methyl sites for hydroxylation is 1. The van der Waals surface area contributed by atoms with E-state index in [1.807, 2.05) is 67.6 Å². The molecule has 0 unspecified atom stereocenters. The number of aliphatic imine (C=N–C) groups is 1. The van der Waals surface area contributed by atoms with Crippen LogP contribution in [-0.4, -0.2) is 17.2 Å². The lowest BCUT2D eigenvalue weighted by atomic mass is 9.93. The molecule has 0 aliphatic heterocycles. The van der Waals surface area contributed by atoms with Gasteiger partial charge in [0.25, 0.3) is 0 Å². The smallest absolute Gasteiger partial charge is 0.193 e. The lowest BCUT2D eigenvalue weighted by Gasteiger charge is -2.13. The van der Waals surface area contributed by atoms with Crippen LogP contribution in [0.25, 0.3) is 11.1 Å². The van der Waals surface area contributed by atoms with Crippen LogP contribution in [0.4, 0.5) is 0 Å². The van der Waals surface area contributed by atoms with Crippen LogP contribution in [0.3, 0.4) is 0 Å². The number of hydrogen-bond donors (Lipinski definition) is 0. The van der Waals surface area contributed by atoms with Crippen molar-refractivity contribution in [3.63, 3.8) is 0 Å². The largest absolute Gasteiger partial charge is 0.354 e. The van der Waals surface area contributed by atoms with Gasteiger partial charge in [-0.25, -0.2) is 0 Å². The zero-order valence-electron chi connectivity index (χ0n) is 19.6. The summed E-state index contributed by atoms with van der Waals surface area (Å²) in [7, 11) is 0. The highest BCUT2D eigenvalue weighted by Crippen LogP contribution is 2.32. The van der Waals surface area contributed by atoms with E-state index in [0.717, 1.165) is 22.3 Å². The first-order valence-electron chi connectivity index (χ1n) is 11.6. The fourth-order valence-electron chi connectivity index (χ4n) is 4.24. The molecule has 0 N–H and O–H groups in total. The molecule has 5 rings (SSSR count). The number of halogens is 1. The van der Waals surface area contributed by atoms with Crippen LogP contribution in [0.1, 0.15) is 44.5 Å². The molecule has 0 saturated carbocycles. The molecule has 0 saturated heterocycles. The normalized spacial score (nSPS) is 11.3. The molecule has 0 fully saturated rings. The predicted octanol–water partition coefficient (Wildman–Crippen LogP) is 7.74. The molecule has 4 aromatic carbocycles. The van der Waals surface area contributed by atoms with Crippen LogP contribution in [0, 0.1) is 6.92 Å². The third-order valence-corrected chi connectivity index (χ3v) is 6.26. The van der Waals surface area contributed by atoms with Crippen LogP contribution in [0.15, 0.2) is 119 Å². The number of ketones is 1. The predicted molar refractivity (Wildman–Crippen MR) is 144 cm³/mol. The first-order chi connectivity index (χ1) is 17.6. The Morgan fingerprint density at radius 2 is 1.42 bits per heavy atom. The van der Waals surface area contributed by atoms with Gasteiger partial charge in [-0.2, -0.15) is 0 Å². The molecule has 1 aromatic heterocycles. The SMILES string of the molecule is Cc1noc(/C=N\C(c2ccccc2)c2ccccc2)c1-c1ccccc1C(=O)c1ccc(Cl)cc1. The van der Waals surface area contributed by atoms with E-state index < -0.39 is 0 Å². The Morgan fingerprint density at radius 3 is 2.06 bits per heavy atom. The monoisotopic (exact) mass is 490 g/mol. The van der Waals surface area contributed by atoms with Gasteiger partial charge in [0.05, 0.1) is 17.5 Å². The van der Waals surface area contributed by atoms with Crippen molar-refractivity contribution in [2.75, 3.05) is 0 Å². The lowest BCUT2D eigenvalue weighted by molar-refractivity contribution is 0.103. The molecule has 0 aliphatic rings. The summed E-state index contributed by atoms with van der Waals surface area (Å²) in [6.45, 7) is 1.87. The number of carbonyl (C=O) groups excluding carboxylic acids is 1. The molecular formula is C31H23ClN2O2. The van der Waals surface area contributed by atoms with Crippen molar-refractivity contribution >= 4 is 23.6 Å². The van der Waals surface area contributed by atoms with Gasteiger partial charge in [0, 0.05) is 16.1 Å². The molecule has 1 heterocycles. The van der Waals surface area contributed by atoms with Crippen LogP contribution in [0.2, 0.25) is 5.02 Å². The zero-order chi connectivity index (χ0) is 24.9. The molecule has 0 spiro atoms. The fourth-order valence-corrected chi connectivity index (χ4v) is 4.36. The van der Waals surface area contributed by atoms with Crippen LogP contribution in [-0.2, 0) is 0 Å². The molecule has 36 heavy (non-hydrogen) atoms. The second-order valence-electron chi connectivity index (χ2n) is 8.39. The van der Waals surface area contributed by atoms with E-state index in [4.69, 9.17) is 21.1 Å². The third kappa shape index (κ3) is 4.90. The quantitative estimate of drug-likeness (QED) is 0.173. The Labute approximate surface area is 214 Å². The van der Waals surface area contributed by atoms with Gasteiger partial charge < -0.3 is 4.52 Å². The van der Waals surface area contributed by atoms with E-state index in [1.165, 1.54) is 0 Å². The molecule has 0 aliphatic carbocycles. The van der Waals surface area contributed by atoms with Crippen molar-refractivity contribution in [3.8, 4) is 11.1 Å². The Balaban J connectivity index is 1.56. The number of nitrogens with zero attached hydrogens (tertiary/aromatic N) is 2. The lowest BCUT2D eigenvalue weighted by Crippen LogP contribution is -2.04. The Kier molecular flexibility index (Phi) is 6.87. The minimum Gasteiger partial charge on any atom is -0.354 e. The molecule has 5 heteroatoms. The Bertz CT molecular complexity index is 1470. The summed E-state index contributed by atoms with van der Waals surface area (Å²) >= 11 is 6.02. The van der Waals surface area contributed by atoms with Gasteiger partial charge in [0.2, 0.25) is 0 Å². The maximum absolute atomic E-state index is 13.4. The van der Waals surface area contributed by atoms with Crippen LogP contribution < -0.4 is 0 Å². The molecule has 4 nitrogen and oxygen atoms in total. The minimum atomic E-state index is -0.211. The highest BCUT2D eigenvalue weighted by Gasteiger charge is 2.21. The van der Waals surface area contributed by atoms with Gasteiger partial charge in [-0.3, -0.25) is 9.79 Å². The van der Waals surface area contributed by atoms with Crippen molar-refractivity contribution < 1.29 is 9.32 Å². The first-order valence-corrected chi connectivity index (χ1v) is 12.0. The molecule has 0 amide bonds. The van der Waals surface area contributed by atoms with Gasteiger partial charge in [0.15, 0.2) is 11.5 Å². The summed E-state index contributed by atoms with van der Waals surface area (Å²) in [4.78, 5) is 18.3. The fraction of sp³-hybridized carbons (Fsp3) is 0.0645. The summed E-state index contributed by atoms with van der Waals surface area (Å²) in [5.41, 5.74) is 5.42. The van der Waals surface area contributed by atoms with E-state index in [0.29, 0.717) is 27.6 Å². The average molecular weight is 491 g/mol. The van der Waals surface area contributed by atoms with Crippen molar-refractivity contribution in [2.24, 2.45) is 4.99 Å². The number of carbonyl (C=O) groups is 1. The molecular weight excluding hydrogens is 468 g/mol. The van der Waals surface area contributed by atoms with Crippen LogP contribution in [0.5, 0.6) is 0 Å². The summed E-state index contributed by atoms with van der Waals surface area (Å²) in [6.07, 6.45) is 1.71. The number of hydrogen-bond acceptors (Lipinski definition) is 4. The third-order valence-electron chi connectivity index (χ3n) is 6.01. The van der Waals surface area contributed by atoms with Crippen molar-refractivity contribution in [2.45, 2.75) is 13.0 Å². The summed E-state index contributed by atoms with van der Waals surface area (Å²) < 4.78 is 5.70. The van der Waals surface area contributed by atoms with E-state index in [-0.39, 0.29) is 11.8 Å². The Morgan fingerprint density at radius 1 is 0.833 bits per heavy atom. The number of benzene rings is 4. The van der Waals surface area contributed by atoms with E-state index in [2.05, 4.69) is 29.4 Å². The van der Waals surface area contributed by atoms with Gasteiger partial charge in [-0.1, -0.05) is 102 Å². The zero-order valence-corrected chi connectivity index (χ0v) is 20.4. The number of rotatable bonds is 7. The summed E-state index contributed by atoms with van der Waals surface area (Å²) in [5, 5.41) is 4.79. The van der Waals surface area contributed by atoms with Gasteiger partial charge >= 0.3 is 0 Å². The highest BCUT2D eigenvalue weighted by atomic mass is 35.5. The van der Waals surface area contributed by atoms with Crippen molar-refractivity contribution in [1.29, 1.82) is 0 Å². The standard InChI is InChI=1S/C31H23ClN2O2/c1-21-29(26-14-8-9-15-27(26)31(35)24-16-18-25(32)19-17-24)28(36-34-21)20-33-30(22-10-4-2-5-11-22)23-12-6-3-7-13-23/h2-20,30H,1H3/b33-20-. The van der Waals surface area contributed by atoms with E-state index in [1.54, 1.807) is 30.5 Å². The highest BCUT2D eigenvalue weighted by molar-refractivity contribution is 6.30. The summed E-state index contributed by atoms with van der Waals surface area (Å²) in [6, 6.07) is 34.4. The second-order valence-corrected chi connectivity index (χ2v) is 8.83. The van der Waals surface area contributed by atoms with E-state index in [9.17, 15) is 4.79 Å². The van der Waals surface area contributed by atoms with E-state index >= 15 is 0 Å². The van der Waals surface area contributed by atoms with Crippen molar-refractivity contribution in [3.05, 3.63) is 148 Å². The molecule has 176 valence electrons. The van der Waals surface area contributed by atoms with Gasteiger partial charge in [-0.15, -0.1) is 0 Å². The van der Waals surface area contributed by atoms with Crippen molar-refractivity contribution in [1.82, 2.24) is 5.16 Å². The number of aromatic nitrogens is 1. The maximum atomic E-state index is 13.4. The minimum absolute atomic E-state index is 0.0998. The van der Waals surface area contributed by atoms with Gasteiger partial charge in [-0.05, 0) is 47.9 Å². The van der Waals surface area contributed by atoms with Gasteiger partial charge in [0.1, 0.15) is 6.04 Å². The first kappa shape index (κ1) is 23.5. The summed E-state index contributed by atoms with van der Waals surface area (Å²) in [5.74, 6) is 0.401. The maximum Gasteiger partial charge on any atom is 0.193 e. The topological polar surface area (TPSA) is 55.5 Å². The molecule has 5 aromatic rings. The second kappa shape index (κ2) is 10.5. The molecule has 0 bridgehead atoms. The Hall–Kier alpha value is -4.28. The van der Waals surface area contributed by atoms with Crippen LogP contribution >= 0.6 is 11.6 Å².